The van der Waals surface area contributed by atoms with E-state index in [0.29, 0.717) is 53.8 Å². The second-order valence-electron chi connectivity index (χ2n) is 8.06. The molecule has 9 heteroatoms. The number of amides is 1. The Balaban J connectivity index is 1.41. The van der Waals surface area contributed by atoms with Crippen LogP contribution in [0.5, 0.6) is 5.75 Å². The summed E-state index contributed by atoms with van der Waals surface area (Å²) in [6, 6.07) is 13.6. The molecule has 5 rings (SSSR count). The van der Waals surface area contributed by atoms with Crippen molar-refractivity contribution in [3.05, 3.63) is 84.3 Å². The number of ether oxygens (including phenoxy) is 1. The minimum Gasteiger partial charge on any atom is -0.492 e. The molecule has 1 amide bonds. The van der Waals surface area contributed by atoms with E-state index in [-0.39, 0.29) is 23.7 Å². The number of hydrogen-bond acceptors (Lipinski definition) is 6. The fourth-order valence-electron chi connectivity index (χ4n) is 4.07. The maximum atomic E-state index is 14.8. The van der Waals surface area contributed by atoms with Gasteiger partial charge in [0, 0.05) is 24.4 Å². The number of para-hydroxylation sites is 1. The molecule has 0 aliphatic heterocycles. The van der Waals surface area contributed by atoms with Crippen LogP contribution in [0.4, 0.5) is 4.39 Å². The van der Waals surface area contributed by atoms with Crippen LogP contribution in [-0.4, -0.2) is 43.3 Å². The second-order valence-corrected chi connectivity index (χ2v) is 8.06. The molecule has 3 aromatic heterocycles. The fraction of sp³-hybridized carbons (Fsp3) is 0.240. The van der Waals surface area contributed by atoms with Crippen molar-refractivity contribution < 1.29 is 13.9 Å². The average Bonchev–Trinajstić information content (AvgIpc) is 3.26. The summed E-state index contributed by atoms with van der Waals surface area (Å²) in [6.07, 6.45) is 6.13. The number of carbonyl (C=O) groups is 1. The van der Waals surface area contributed by atoms with E-state index >= 15 is 0 Å². The van der Waals surface area contributed by atoms with Crippen molar-refractivity contribution in [2.75, 3.05) is 6.61 Å². The van der Waals surface area contributed by atoms with Crippen LogP contribution in [0, 0.1) is 5.82 Å². The summed E-state index contributed by atoms with van der Waals surface area (Å²) in [5.74, 6) is 1.22. The van der Waals surface area contributed by atoms with Crippen molar-refractivity contribution in [3.63, 3.8) is 0 Å². The molecule has 34 heavy (non-hydrogen) atoms. The topological polar surface area (TPSA) is 94.8 Å². The van der Waals surface area contributed by atoms with Gasteiger partial charge in [-0.2, -0.15) is 0 Å². The van der Waals surface area contributed by atoms with E-state index in [4.69, 9.17) is 4.74 Å². The molecule has 0 atom stereocenters. The lowest BCUT2D eigenvalue weighted by Crippen LogP contribution is -2.44. The van der Waals surface area contributed by atoms with Gasteiger partial charge in [-0.1, -0.05) is 12.1 Å². The molecular weight excluding hydrogens is 435 g/mol. The highest BCUT2D eigenvalue weighted by molar-refractivity contribution is 5.94. The SMILES string of the molecule is CCOc1ccc(-c2nnc(C3CC(NC(=O)c4cccnc4)C3)n2-c2ccccc2F)nc1. The number of rotatable bonds is 7. The maximum Gasteiger partial charge on any atom is 0.253 e. The Morgan fingerprint density at radius 2 is 1.97 bits per heavy atom. The summed E-state index contributed by atoms with van der Waals surface area (Å²) in [7, 11) is 0. The lowest BCUT2D eigenvalue weighted by molar-refractivity contribution is 0.0906. The first-order chi connectivity index (χ1) is 16.6. The second kappa shape index (κ2) is 9.38. The molecule has 172 valence electrons. The van der Waals surface area contributed by atoms with E-state index in [1.54, 1.807) is 59.4 Å². The van der Waals surface area contributed by atoms with Crippen LogP contribution in [0.2, 0.25) is 0 Å². The normalized spacial score (nSPS) is 17.1. The highest BCUT2D eigenvalue weighted by atomic mass is 19.1. The summed E-state index contributed by atoms with van der Waals surface area (Å²) in [4.78, 5) is 20.9. The quantitative estimate of drug-likeness (QED) is 0.451. The standard InChI is InChI=1S/C25H23FN6O2/c1-2-34-19-9-10-21(28-15-19)24-31-30-23(32(24)22-8-4-3-7-20(22)26)17-12-18(13-17)29-25(33)16-6-5-11-27-14-16/h3-11,14-15,17-18H,2,12-13H2,1H3,(H,29,33). The molecule has 3 heterocycles. The summed E-state index contributed by atoms with van der Waals surface area (Å²) in [6.45, 7) is 2.44. The zero-order chi connectivity index (χ0) is 23.5. The lowest BCUT2D eigenvalue weighted by atomic mass is 9.79. The number of halogens is 1. The van der Waals surface area contributed by atoms with Gasteiger partial charge in [0.2, 0.25) is 0 Å². The molecule has 1 aliphatic carbocycles. The van der Waals surface area contributed by atoms with Crippen LogP contribution < -0.4 is 10.1 Å². The van der Waals surface area contributed by atoms with E-state index < -0.39 is 0 Å². The fourth-order valence-corrected chi connectivity index (χ4v) is 4.07. The third-order valence-electron chi connectivity index (χ3n) is 5.82. The smallest absolute Gasteiger partial charge is 0.253 e. The molecule has 0 unspecified atom stereocenters. The molecule has 4 aromatic rings. The number of nitrogens with zero attached hydrogens (tertiary/aromatic N) is 5. The predicted octanol–water partition coefficient (Wildman–Crippen LogP) is 3.94. The highest BCUT2D eigenvalue weighted by Gasteiger charge is 2.36. The predicted molar refractivity (Wildman–Crippen MR) is 123 cm³/mol. The van der Waals surface area contributed by atoms with Crippen molar-refractivity contribution in [2.45, 2.75) is 31.7 Å². The molecule has 1 N–H and O–H groups in total. The Hall–Kier alpha value is -4.14. The molecule has 1 saturated carbocycles. The number of pyridine rings is 2. The van der Waals surface area contributed by atoms with Gasteiger partial charge in [-0.05, 0) is 56.2 Å². The molecule has 1 aromatic carbocycles. The first kappa shape index (κ1) is 21.7. The van der Waals surface area contributed by atoms with Crippen LogP contribution in [0.1, 0.15) is 41.9 Å². The third kappa shape index (κ3) is 4.24. The van der Waals surface area contributed by atoms with Crippen LogP contribution in [-0.2, 0) is 0 Å². The van der Waals surface area contributed by atoms with Gasteiger partial charge in [-0.25, -0.2) is 9.37 Å². The van der Waals surface area contributed by atoms with E-state index in [1.165, 1.54) is 12.3 Å². The monoisotopic (exact) mass is 458 g/mol. The lowest BCUT2D eigenvalue weighted by Gasteiger charge is -2.35. The van der Waals surface area contributed by atoms with Crippen LogP contribution in [0.15, 0.2) is 67.1 Å². The van der Waals surface area contributed by atoms with E-state index in [0.717, 1.165) is 0 Å². The minimum absolute atomic E-state index is 0.00414. The van der Waals surface area contributed by atoms with Crippen molar-refractivity contribution >= 4 is 5.91 Å². The molecule has 0 radical (unpaired) electrons. The summed E-state index contributed by atoms with van der Waals surface area (Å²) < 4.78 is 22.0. The van der Waals surface area contributed by atoms with E-state index in [9.17, 15) is 9.18 Å². The Bertz CT molecular complexity index is 1290. The van der Waals surface area contributed by atoms with E-state index in [2.05, 4.69) is 25.5 Å². The zero-order valence-corrected chi connectivity index (χ0v) is 18.6. The van der Waals surface area contributed by atoms with E-state index in [1.807, 2.05) is 6.92 Å². The first-order valence-corrected chi connectivity index (χ1v) is 11.1. The highest BCUT2D eigenvalue weighted by Crippen LogP contribution is 2.39. The Morgan fingerprint density at radius 1 is 1.12 bits per heavy atom. The average molecular weight is 458 g/mol. The molecule has 1 fully saturated rings. The largest absolute Gasteiger partial charge is 0.492 e. The van der Waals surface area contributed by atoms with Crippen LogP contribution in [0.25, 0.3) is 17.2 Å². The van der Waals surface area contributed by atoms with Gasteiger partial charge in [-0.15, -0.1) is 10.2 Å². The van der Waals surface area contributed by atoms with Gasteiger partial charge in [0.15, 0.2) is 5.82 Å². The number of hydrogen-bond donors (Lipinski definition) is 1. The van der Waals surface area contributed by atoms with Gasteiger partial charge in [0.05, 0.1) is 24.1 Å². The van der Waals surface area contributed by atoms with Gasteiger partial charge >= 0.3 is 0 Å². The molecular formula is C25H23FN6O2. The molecule has 0 saturated heterocycles. The Morgan fingerprint density at radius 3 is 2.68 bits per heavy atom. The molecule has 1 aliphatic rings. The van der Waals surface area contributed by atoms with Crippen LogP contribution in [0.3, 0.4) is 0 Å². The summed E-state index contributed by atoms with van der Waals surface area (Å²) in [5.41, 5.74) is 1.44. The van der Waals surface area contributed by atoms with Gasteiger partial charge < -0.3 is 10.1 Å². The number of aromatic nitrogens is 5. The number of carbonyl (C=O) groups excluding carboxylic acids is 1. The first-order valence-electron chi connectivity index (χ1n) is 11.1. The maximum absolute atomic E-state index is 14.8. The molecule has 8 nitrogen and oxygen atoms in total. The van der Waals surface area contributed by atoms with Crippen molar-refractivity contribution in [1.82, 2.24) is 30.0 Å². The summed E-state index contributed by atoms with van der Waals surface area (Å²) in [5, 5.41) is 11.8. The van der Waals surface area contributed by atoms with Gasteiger partial charge in [-0.3, -0.25) is 14.3 Å². The van der Waals surface area contributed by atoms with Gasteiger partial charge in [0.1, 0.15) is 23.1 Å². The van der Waals surface area contributed by atoms with Crippen molar-refractivity contribution in [1.29, 1.82) is 0 Å². The molecule has 0 bridgehead atoms. The molecule has 0 spiro atoms. The third-order valence-corrected chi connectivity index (χ3v) is 5.82. The van der Waals surface area contributed by atoms with Crippen molar-refractivity contribution in [3.8, 4) is 23.0 Å². The van der Waals surface area contributed by atoms with Crippen molar-refractivity contribution in [2.24, 2.45) is 0 Å². The van der Waals surface area contributed by atoms with Crippen LogP contribution >= 0.6 is 0 Å². The minimum atomic E-state index is -0.378. The Labute approximate surface area is 195 Å². The zero-order valence-electron chi connectivity index (χ0n) is 18.6. The Kier molecular flexibility index (Phi) is 5.99. The number of benzene rings is 1. The number of nitrogens with one attached hydrogen (secondary N) is 1. The van der Waals surface area contributed by atoms with Gasteiger partial charge in [0.25, 0.3) is 5.91 Å². The summed E-state index contributed by atoms with van der Waals surface area (Å²) >= 11 is 0.